The van der Waals surface area contributed by atoms with Crippen LogP contribution < -0.4 is 0 Å². The summed E-state index contributed by atoms with van der Waals surface area (Å²) < 4.78 is 0. The van der Waals surface area contributed by atoms with Crippen molar-refractivity contribution in [3.8, 4) is 78.8 Å². The number of pyridine rings is 1. The number of fused-ring (bicyclic) bond motifs is 1. The second-order valence-corrected chi connectivity index (χ2v) is 13.6. The predicted molar refractivity (Wildman–Crippen MR) is 233 cm³/mol. The van der Waals surface area contributed by atoms with Gasteiger partial charge < -0.3 is 0 Å². The highest BCUT2D eigenvalue weighted by atomic mass is 15.0. The van der Waals surface area contributed by atoms with E-state index in [-0.39, 0.29) is 0 Å². The fourth-order valence-electron chi connectivity index (χ4n) is 7.23. The molecule has 0 saturated carbocycles. The Balaban J connectivity index is 1.19. The molecule has 56 heavy (non-hydrogen) atoms. The summed E-state index contributed by atoms with van der Waals surface area (Å²) in [7, 11) is 0. The maximum absolute atomic E-state index is 5.09. The number of hydrogen-bond acceptors (Lipinski definition) is 4. The lowest BCUT2D eigenvalue weighted by atomic mass is 9.93. The topological polar surface area (TPSA) is 51.6 Å². The van der Waals surface area contributed by atoms with Gasteiger partial charge in [-0.05, 0) is 63.0 Å². The first-order valence-corrected chi connectivity index (χ1v) is 18.6. The fourth-order valence-corrected chi connectivity index (χ4v) is 7.23. The Kier molecular flexibility index (Phi) is 9.20. The van der Waals surface area contributed by atoms with Crippen molar-refractivity contribution in [2.45, 2.75) is 0 Å². The Morgan fingerprint density at radius 1 is 0.304 bits per heavy atom. The first kappa shape index (κ1) is 34.2. The zero-order valence-corrected chi connectivity index (χ0v) is 30.7. The molecule has 4 heteroatoms. The number of nitrogens with zero attached hydrogens (tertiary/aromatic N) is 4. The molecular weight excluding hydrogens is 681 g/mol. The van der Waals surface area contributed by atoms with Crippen LogP contribution in [0.3, 0.4) is 0 Å². The van der Waals surface area contributed by atoms with Crippen LogP contribution >= 0.6 is 0 Å². The van der Waals surface area contributed by atoms with E-state index < -0.39 is 0 Å². The number of hydrogen-bond donors (Lipinski definition) is 0. The Bertz CT molecular complexity index is 2790. The highest BCUT2D eigenvalue weighted by molar-refractivity contribution is 6.01. The Labute approximate surface area is 326 Å². The van der Waals surface area contributed by atoms with E-state index in [9.17, 15) is 0 Å². The van der Waals surface area contributed by atoms with Crippen molar-refractivity contribution in [3.63, 3.8) is 0 Å². The number of benzene rings is 7. The molecule has 0 aliphatic heterocycles. The van der Waals surface area contributed by atoms with Gasteiger partial charge in [0.2, 0.25) is 0 Å². The number of rotatable bonds is 9. The van der Waals surface area contributed by atoms with Crippen molar-refractivity contribution in [1.29, 1.82) is 0 Å². The molecule has 0 saturated heterocycles. The van der Waals surface area contributed by atoms with Gasteiger partial charge in [0.25, 0.3) is 0 Å². The summed E-state index contributed by atoms with van der Waals surface area (Å²) in [5.74, 6) is 1.85. The third kappa shape index (κ3) is 6.72. The van der Waals surface area contributed by atoms with Crippen LogP contribution in [0.25, 0.3) is 102 Å². The molecular formula is C52H36N4. The Hall–Kier alpha value is -7.56. The monoisotopic (exact) mass is 716 g/mol. The van der Waals surface area contributed by atoms with Crippen molar-refractivity contribution in [2.24, 2.45) is 0 Å². The van der Waals surface area contributed by atoms with Gasteiger partial charge >= 0.3 is 0 Å². The largest absolute Gasteiger partial charge is 0.247 e. The highest BCUT2D eigenvalue weighted by Crippen LogP contribution is 2.37. The summed E-state index contributed by atoms with van der Waals surface area (Å²) in [4.78, 5) is 20.2. The van der Waals surface area contributed by atoms with Gasteiger partial charge in [0, 0.05) is 33.2 Å². The van der Waals surface area contributed by atoms with Crippen LogP contribution in [-0.2, 0) is 0 Å². The lowest BCUT2D eigenvalue weighted by Crippen LogP contribution is -2.00. The van der Waals surface area contributed by atoms with Gasteiger partial charge in [0.15, 0.2) is 17.5 Å². The highest BCUT2D eigenvalue weighted by Gasteiger charge is 2.16. The van der Waals surface area contributed by atoms with Crippen molar-refractivity contribution >= 4 is 22.9 Å². The minimum atomic E-state index is 0.605. The average Bonchev–Trinajstić information content (AvgIpc) is 3.29. The quantitative estimate of drug-likeness (QED) is 0.149. The lowest BCUT2D eigenvalue weighted by molar-refractivity contribution is 1.07. The fraction of sp³-hybridized carbons (Fsp3) is 0. The van der Waals surface area contributed by atoms with Crippen molar-refractivity contribution in [1.82, 2.24) is 19.9 Å². The van der Waals surface area contributed by atoms with E-state index in [1.807, 2.05) is 78.9 Å². The van der Waals surface area contributed by atoms with E-state index >= 15 is 0 Å². The summed E-state index contributed by atoms with van der Waals surface area (Å²) >= 11 is 0. The van der Waals surface area contributed by atoms with E-state index in [2.05, 4.69) is 122 Å². The molecule has 0 aliphatic carbocycles. The van der Waals surface area contributed by atoms with Crippen molar-refractivity contribution in [2.75, 3.05) is 0 Å². The van der Waals surface area contributed by atoms with Gasteiger partial charge in [0.05, 0.1) is 11.4 Å². The summed E-state index contributed by atoms with van der Waals surface area (Å²) in [6.07, 6.45) is 3.66. The van der Waals surface area contributed by atoms with E-state index in [0.29, 0.717) is 17.5 Å². The lowest BCUT2D eigenvalue weighted by Gasteiger charge is -2.14. The standard InChI is InChI=1S/C52H36N4/c1-3-45-46-22-14-15-23-47(46)49(53-48(45)4-2)39-30-28-38(29-31-39)43-32-42(37-26-24-36(25-27-37)35-16-8-5-9-17-35)33-44(34-43)52-55-50(40-18-10-6-11-19-40)54-51(56-52)41-20-12-7-13-21-41/h3-34H,1-2H2. The molecule has 0 radical (unpaired) electrons. The van der Waals surface area contributed by atoms with Crippen LogP contribution in [-0.4, -0.2) is 19.9 Å². The summed E-state index contributed by atoms with van der Waals surface area (Å²) in [5, 5.41) is 2.17. The van der Waals surface area contributed by atoms with Crippen LogP contribution in [0, 0.1) is 0 Å². The third-order valence-electron chi connectivity index (χ3n) is 10.1. The molecule has 0 amide bonds. The molecule has 0 unspecified atom stereocenters. The molecule has 2 aromatic heterocycles. The molecule has 4 nitrogen and oxygen atoms in total. The third-order valence-corrected chi connectivity index (χ3v) is 10.1. The second kappa shape index (κ2) is 15.1. The second-order valence-electron chi connectivity index (χ2n) is 13.6. The summed E-state index contributed by atoms with van der Waals surface area (Å²) in [6, 6.07) is 62.9. The zero-order chi connectivity index (χ0) is 37.8. The van der Waals surface area contributed by atoms with E-state index in [0.717, 1.165) is 72.2 Å². The molecule has 0 spiro atoms. The molecule has 0 fully saturated rings. The van der Waals surface area contributed by atoms with Gasteiger partial charge in [-0.25, -0.2) is 19.9 Å². The smallest absolute Gasteiger partial charge is 0.164 e. The molecule has 9 aromatic rings. The molecule has 0 atom stereocenters. The van der Waals surface area contributed by atoms with Gasteiger partial charge in [0.1, 0.15) is 0 Å². The maximum atomic E-state index is 5.09. The van der Waals surface area contributed by atoms with Gasteiger partial charge in [-0.2, -0.15) is 0 Å². The SMILES string of the molecule is C=Cc1nc(-c2ccc(-c3cc(-c4ccc(-c5ccccc5)cc4)cc(-c4nc(-c5ccccc5)nc(-c5ccccc5)n4)c3)cc2)c2ccccc2c1C=C. The Morgan fingerprint density at radius 2 is 0.679 bits per heavy atom. The molecule has 0 bridgehead atoms. The van der Waals surface area contributed by atoms with Crippen LogP contribution in [0.1, 0.15) is 11.3 Å². The van der Waals surface area contributed by atoms with Crippen LogP contribution in [0.5, 0.6) is 0 Å². The summed E-state index contributed by atoms with van der Waals surface area (Å²) in [6.45, 7) is 8.10. The van der Waals surface area contributed by atoms with E-state index in [1.54, 1.807) is 6.08 Å². The minimum absolute atomic E-state index is 0.605. The van der Waals surface area contributed by atoms with Crippen LogP contribution in [0.15, 0.2) is 195 Å². The first-order valence-electron chi connectivity index (χ1n) is 18.6. The van der Waals surface area contributed by atoms with E-state index in [4.69, 9.17) is 19.9 Å². The molecule has 7 aromatic carbocycles. The minimum Gasteiger partial charge on any atom is -0.247 e. The van der Waals surface area contributed by atoms with Gasteiger partial charge in [-0.3, -0.25) is 0 Å². The van der Waals surface area contributed by atoms with E-state index in [1.165, 1.54) is 11.1 Å². The predicted octanol–water partition coefficient (Wildman–Crippen LogP) is 13.4. The van der Waals surface area contributed by atoms with Crippen LogP contribution in [0.4, 0.5) is 0 Å². The van der Waals surface area contributed by atoms with Crippen molar-refractivity contribution in [3.05, 3.63) is 206 Å². The maximum Gasteiger partial charge on any atom is 0.164 e. The first-order chi connectivity index (χ1) is 27.6. The molecule has 264 valence electrons. The molecule has 0 N–H and O–H groups in total. The Morgan fingerprint density at radius 3 is 1.16 bits per heavy atom. The normalized spacial score (nSPS) is 11.0. The molecule has 2 heterocycles. The number of aromatic nitrogens is 4. The molecule has 9 rings (SSSR count). The van der Waals surface area contributed by atoms with Gasteiger partial charge in [-0.15, -0.1) is 0 Å². The van der Waals surface area contributed by atoms with Crippen molar-refractivity contribution < 1.29 is 0 Å². The molecule has 0 aliphatic rings. The zero-order valence-electron chi connectivity index (χ0n) is 30.7. The van der Waals surface area contributed by atoms with Gasteiger partial charge in [-0.1, -0.05) is 183 Å². The summed E-state index contributed by atoms with van der Waals surface area (Å²) in [5.41, 5.74) is 13.1. The van der Waals surface area contributed by atoms with Crippen LogP contribution in [0.2, 0.25) is 0 Å². The average molecular weight is 717 g/mol.